The number of benzene rings is 1. The molecule has 0 bridgehead atoms. The van der Waals surface area contributed by atoms with E-state index in [0.717, 1.165) is 24.9 Å². The molecular weight excluding hydrogens is 304 g/mol. The predicted octanol–water partition coefficient (Wildman–Crippen LogP) is 2.44. The third kappa shape index (κ3) is 4.60. The van der Waals surface area contributed by atoms with E-state index in [-0.39, 0.29) is 24.7 Å². The number of aliphatic hydroxyl groups excluding tert-OH is 1. The standard InChI is InChI=1S/C16H23ClN2O3/c1-22-15(13-5-2-6-14(17)8-13)9-18-16(21)19-7-3-4-12(10-19)11-20/h2,5-6,8,12,15,20H,3-4,7,9-11H2,1H3,(H,18,21)/t12-,15-/m0/s1. The van der Waals surface area contributed by atoms with E-state index < -0.39 is 0 Å². The third-order valence-corrected chi connectivity index (χ3v) is 4.24. The first-order chi connectivity index (χ1) is 10.6. The lowest BCUT2D eigenvalue weighted by Gasteiger charge is -2.32. The number of nitrogens with one attached hydrogen (secondary N) is 1. The molecule has 0 unspecified atom stereocenters. The molecule has 1 heterocycles. The molecule has 0 aromatic heterocycles. The van der Waals surface area contributed by atoms with Crippen LogP contribution in [0.5, 0.6) is 0 Å². The largest absolute Gasteiger partial charge is 0.396 e. The van der Waals surface area contributed by atoms with Crippen LogP contribution in [0.25, 0.3) is 0 Å². The van der Waals surface area contributed by atoms with E-state index in [9.17, 15) is 9.90 Å². The number of urea groups is 1. The SMILES string of the molecule is CO[C@@H](CNC(=O)N1CCC[C@H](CO)C1)c1cccc(Cl)c1. The van der Waals surface area contributed by atoms with Gasteiger partial charge in [-0.05, 0) is 36.5 Å². The highest BCUT2D eigenvalue weighted by Gasteiger charge is 2.23. The van der Waals surface area contributed by atoms with Gasteiger partial charge in [0.1, 0.15) is 0 Å². The molecule has 1 aromatic carbocycles. The molecule has 1 aromatic rings. The second kappa shape index (κ2) is 8.36. The van der Waals surface area contributed by atoms with E-state index in [1.165, 1.54) is 0 Å². The zero-order chi connectivity index (χ0) is 15.9. The monoisotopic (exact) mass is 326 g/mol. The van der Waals surface area contributed by atoms with E-state index in [2.05, 4.69) is 5.32 Å². The summed E-state index contributed by atoms with van der Waals surface area (Å²) in [6.07, 6.45) is 1.67. The number of amides is 2. The van der Waals surface area contributed by atoms with Gasteiger partial charge in [0, 0.05) is 38.4 Å². The first-order valence-corrected chi connectivity index (χ1v) is 7.93. The lowest BCUT2D eigenvalue weighted by Crippen LogP contribution is -2.47. The fourth-order valence-electron chi connectivity index (χ4n) is 2.73. The lowest BCUT2D eigenvalue weighted by molar-refractivity contribution is 0.0965. The average molecular weight is 327 g/mol. The van der Waals surface area contributed by atoms with E-state index in [0.29, 0.717) is 18.1 Å². The van der Waals surface area contributed by atoms with Crippen LogP contribution in [-0.2, 0) is 4.74 Å². The number of aliphatic hydroxyl groups is 1. The number of carbonyl (C=O) groups is 1. The van der Waals surface area contributed by atoms with Gasteiger partial charge in [-0.2, -0.15) is 0 Å². The van der Waals surface area contributed by atoms with Crippen LogP contribution in [0.1, 0.15) is 24.5 Å². The number of methoxy groups -OCH3 is 1. The minimum atomic E-state index is -0.235. The fourth-order valence-corrected chi connectivity index (χ4v) is 2.93. The Morgan fingerprint density at radius 1 is 1.59 bits per heavy atom. The van der Waals surface area contributed by atoms with Crippen molar-refractivity contribution in [2.45, 2.75) is 18.9 Å². The summed E-state index contributed by atoms with van der Waals surface area (Å²) in [5, 5.41) is 12.8. The maximum absolute atomic E-state index is 12.2. The second-order valence-corrected chi connectivity index (χ2v) is 6.04. The van der Waals surface area contributed by atoms with Crippen molar-refractivity contribution in [2.24, 2.45) is 5.92 Å². The van der Waals surface area contributed by atoms with Gasteiger partial charge in [-0.25, -0.2) is 4.79 Å². The van der Waals surface area contributed by atoms with Crippen LogP contribution in [0, 0.1) is 5.92 Å². The molecule has 0 radical (unpaired) electrons. The van der Waals surface area contributed by atoms with Crippen LogP contribution >= 0.6 is 11.6 Å². The van der Waals surface area contributed by atoms with Gasteiger partial charge in [0.15, 0.2) is 0 Å². The highest BCUT2D eigenvalue weighted by molar-refractivity contribution is 6.30. The Labute approximate surface area is 136 Å². The molecule has 1 saturated heterocycles. The number of hydrogen-bond acceptors (Lipinski definition) is 3. The Kier molecular flexibility index (Phi) is 6.49. The minimum Gasteiger partial charge on any atom is -0.396 e. The second-order valence-electron chi connectivity index (χ2n) is 5.60. The molecule has 0 saturated carbocycles. The topological polar surface area (TPSA) is 61.8 Å². The molecule has 0 spiro atoms. The summed E-state index contributed by atoms with van der Waals surface area (Å²) in [6, 6.07) is 7.32. The van der Waals surface area contributed by atoms with Crippen LogP contribution < -0.4 is 5.32 Å². The van der Waals surface area contributed by atoms with Gasteiger partial charge in [0.05, 0.1) is 6.10 Å². The lowest BCUT2D eigenvalue weighted by atomic mass is 9.99. The van der Waals surface area contributed by atoms with Crippen LogP contribution in [0.15, 0.2) is 24.3 Å². The number of hydrogen-bond donors (Lipinski definition) is 2. The third-order valence-electron chi connectivity index (χ3n) is 4.01. The van der Waals surface area contributed by atoms with Gasteiger partial charge < -0.3 is 20.1 Å². The first-order valence-electron chi connectivity index (χ1n) is 7.56. The highest BCUT2D eigenvalue weighted by atomic mass is 35.5. The normalized spacial score (nSPS) is 19.8. The van der Waals surface area contributed by atoms with Crippen LogP contribution in [0.2, 0.25) is 5.02 Å². The maximum Gasteiger partial charge on any atom is 0.317 e. The molecule has 5 nitrogen and oxygen atoms in total. The van der Waals surface area contributed by atoms with Crippen LogP contribution in [-0.4, -0.2) is 49.4 Å². The number of likely N-dealkylation sites (tertiary alicyclic amines) is 1. The number of nitrogens with zero attached hydrogens (tertiary/aromatic N) is 1. The summed E-state index contributed by atoms with van der Waals surface area (Å²) in [7, 11) is 1.61. The Bertz CT molecular complexity index is 498. The predicted molar refractivity (Wildman–Crippen MR) is 86.0 cm³/mol. The van der Waals surface area contributed by atoms with Gasteiger partial charge in [0.25, 0.3) is 0 Å². The molecule has 2 N–H and O–H groups in total. The van der Waals surface area contributed by atoms with Gasteiger partial charge in [-0.3, -0.25) is 0 Å². The van der Waals surface area contributed by atoms with Crippen LogP contribution in [0.3, 0.4) is 0 Å². The Balaban J connectivity index is 1.88. The van der Waals surface area contributed by atoms with Crippen molar-refractivity contribution < 1.29 is 14.6 Å². The highest BCUT2D eigenvalue weighted by Crippen LogP contribution is 2.20. The number of ether oxygens (including phenoxy) is 1. The summed E-state index contributed by atoms with van der Waals surface area (Å²) in [4.78, 5) is 14.0. The molecule has 2 amide bonds. The first kappa shape index (κ1) is 17.1. The van der Waals surface area contributed by atoms with Gasteiger partial charge in [0.2, 0.25) is 0 Å². The van der Waals surface area contributed by atoms with Crippen molar-refractivity contribution in [1.82, 2.24) is 10.2 Å². The number of carbonyl (C=O) groups excluding carboxylic acids is 1. The molecule has 2 atom stereocenters. The average Bonchev–Trinajstić information content (AvgIpc) is 2.55. The number of piperidine rings is 1. The quantitative estimate of drug-likeness (QED) is 0.873. The molecule has 1 aliphatic rings. The number of rotatable bonds is 5. The summed E-state index contributed by atoms with van der Waals surface area (Å²) >= 11 is 5.99. The van der Waals surface area contributed by atoms with Crippen LogP contribution in [0.4, 0.5) is 4.79 Å². The molecule has 122 valence electrons. The fraction of sp³-hybridized carbons (Fsp3) is 0.562. The maximum atomic E-state index is 12.2. The zero-order valence-corrected chi connectivity index (χ0v) is 13.6. The Morgan fingerprint density at radius 2 is 2.41 bits per heavy atom. The molecule has 22 heavy (non-hydrogen) atoms. The molecule has 0 aliphatic carbocycles. The molecule has 1 aliphatic heterocycles. The van der Waals surface area contributed by atoms with Crippen molar-refractivity contribution in [1.29, 1.82) is 0 Å². The van der Waals surface area contributed by atoms with Crippen molar-refractivity contribution in [2.75, 3.05) is 33.4 Å². The van der Waals surface area contributed by atoms with E-state index in [1.54, 1.807) is 18.1 Å². The van der Waals surface area contributed by atoms with Crippen molar-refractivity contribution in [3.05, 3.63) is 34.9 Å². The van der Waals surface area contributed by atoms with Gasteiger partial charge in [-0.1, -0.05) is 23.7 Å². The minimum absolute atomic E-state index is 0.109. The summed E-state index contributed by atoms with van der Waals surface area (Å²) in [5.41, 5.74) is 0.933. The zero-order valence-electron chi connectivity index (χ0n) is 12.8. The summed E-state index contributed by atoms with van der Waals surface area (Å²) in [6.45, 7) is 1.86. The summed E-state index contributed by atoms with van der Waals surface area (Å²) < 4.78 is 5.44. The smallest absolute Gasteiger partial charge is 0.317 e. The Morgan fingerprint density at radius 3 is 3.09 bits per heavy atom. The van der Waals surface area contributed by atoms with E-state index in [4.69, 9.17) is 16.3 Å². The van der Waals surface area contributed by atoms with Crippen molar-refractivity contribution in [3.63, 3.8) is 0 Å². The number of halogens is 1. The van der Waals surface area contributed by atoms with E-state index >= 15 is 0 Å². The van der Waals surface area contributed by atoms with Crippen molar-refractivity contribution >= 4 is 17.6 Å². The van der Waals surface area contributed by atoms with Gasteiger partial charge >= 0.3 is 6.03 Å². The molecule has 2 rings (SSSR count). The molecule has 1 fully saturated rings. The molecule has 6 heteroatoms. The van der Waals surface area contributed by atoms with Crippen molar-refractivity contribution in [3.8, 4) is 0 Å². The van der Waals surface area contributed by atoms with Gasteiger partial charge in [-0.15, -0.1) is 0 Å². The molecular formula is C16H23ClN2O3. The van der Waals surface area contributed by atoms with E-state index in [1.807, 2.05) is 18.2 Å². The Hall–Kier alpha value is -1.30. The summed E-state index contributed by atoms with van der Waals surface area (Å²) in [5.74, 6) is 0.186.